The normalized spacial score (nSPS) is 12.4. The van der Waals surface area contributed by atoms with Crippen molar-refractivity contribution in [1.29, 1.82) is 0 Å². The zero-order valence-corrected chi connectivity index (χ0v) is 20.9. The number of anilines is 1. The van der Waals surface area contributed by atoms with Gasteiger partial charge in [0.05, 0.1) is 12.2 Å². The van der Waals surface area contributed by atoms with Crippen LogP contribution in [0.25, 0.3) is 0 Å². The van der Waals surface area contributed by atoms with E-state index in [9.17, 15) is 13.2 Å². The van der Waals surface area contributed by atoms with E-state index < -0.39 is 16.0 Å². The zero-order valence-electron chi connectivity index (χ0n) is 20.1. The van der Waals surface area contributed by atoms with Crippen LogP contribution in [0.4, 0.5) is 5.82 Å². The third kappa shape index (κ3) is 7.60. The number of carboxylic acids is 1. The largest absolute Gasteiger partial charge is 0.480 e. The van der Waals surface area contributed by atoms with Crippen LogP contribution in [-0.4, -0.2) is 40.3 Å². The Labute approximate surface area is 207 Å². The van der Waals surface area contributed by atoms with Gasteiger partial charge in [0.1, 0.15) is 12.4 Å². The number of sulfonamides is 1. The van der Waals surface area contributed by atoms with Crippen molar-refractivity contribution in [3.05, 3.63) is 83.7 Å². The first kappa shape index (κ1) is 26.3. The molecule has 0 aliphatic carbocycles. The molecule has 9 heteroatoms. The molecule has 3 aromatic rings. The summed E-state index contributed by atoms with van der Waals surface area (Å²) < 4.78 is 28.3. The number of nitrogens with zero attached hydrogens (tertiary/aromatic N) is 3. The predicted molar refractivity (Wildman–Crippen MR) is 135 cm³/mol. The summed E-state index contributed by atoms with van der Waals surface area (Å²) in [6.45, 7) is 4.27. The van der Waals surface area contributed by atoms with Crippen LogP contribution in [0.5, 0.6) is 0 Å². The minimum Gasteiger partial charge on any atom is -0.480 e. The van der Waals surface area contributed by atoms with Crippen molar-refractivity contribution in [2.24, 2.45) is 0 Å². The summed E-state index contributed by atoms with van der Waals surface area (Å²) in [5.41, 5.74) is 2.58. The molecule has 2 aromatic heterocycles. The van der Waals surface area contributed by atoms with E-state index in [-0.39, 0.29) is 24.7 Å². The molecule has 0 radical (unpaired) electrons. The summed E-state index contributed by atoms with van der Waals surface area (Å²) in [6.07, 6.45) is 4.90. The number of carbonyl (C=O) groups is 1. The Bertz CT molecular complexity index is 1200. The third-order valence-electron chi connectivity index (χ3n) is 5.71. The SMILES string of the molecule is CCCCC(C)c1ccc(CN(Cc2cccc(NCC(=O)O)n2)S(=O)(=O)c2ccccn2)cc1. The fourth-order valence-corrected chi connectivity index (χ4v) is 5.03. The summed E-state index contributed by atoms with van der Waals surface area (Å²) >= 11 is 0. The van der Waals surface area contributed by atoms with Crippen molar-refractivity contribution in [2.75, 3.05) is 11.9 Å². The fraction of sp³-hybridized carbons (Fsp3) is 0.346. The van der Waals surface area contributed by atoms with Gasteiger partial charge in [0.15, 0.2) is 5.03 Å². The second kappa shape index (κ2) is 12.4. The van der Waals surface area contributed by atoms with Crippen LogP contribution < -0.4 is 5.32 Å². The molecule has 0 fully saturated rings. The summed E-state index contributed by atoms with van der Waals surface area (Å²) in [6, 6.07) is 17.9. The van der Waals surface area contributed by atoms with Gasteiger partial charge in [0, 0.05) is 12.7 Å². The molecule has 0 bridgehead atoms. The Hall–Kier alpha value is -3.30. The molecule has 1 aromatic carbocycles. The number of carboxylic acid groups (broad SMARTS) is 1. The molecule has 1 atom stereocenters. The first-order valence-corrected chi connectivity index (χ1v) is 13.1. The number of hydrogen-bond donors (Lipinski definition) is 2. The van der Waals surface area contributed by atoms with E-state index in [1.54, 1.807) is 30.3 Å². The van der Waals surface area contributed by atoms with E-state index in [0.29, 0.717) is 17.4 Å². The molecule has 0 amide bonds. The summed E-state index contributed by atoms with van der Waals surface area (Å²) in [5.74, 6) is -0.197. The number of unbranched alkanes of at least 4 members (excludes halogenated alkanes) is 1. The quantitative estimate of drug-likeness (QED) is 0.354. The standard InChI is InChI=1S/C26H32N4O4S/c1-3-4-8-20(2)22-14-12-21(13-15-22)18-30(35(33,34)25-11-5-6-16-27-25)19-23-9-7-10-24(29-23)28-17-26(31)32/h5-7,9-16,20H,3-4,8,17-19H2,1-2H3,(H,28,29)(H,31,32). The monoisotopic (exact) mass is 496 g/mol. The van der Waals surface area contributed by atoms with Crippen LogP contribution in [0.15, 0.2) is 71.9 Å². The zero-order chi connectivity index (χ0) is 25.3. The molecule has 0 aliphatic heterocycles. The minimum atomic E-state index is -3.91. The Balaban J connectivity index is 1.86. The maximum atomic E-state index is 13.5. The Morgan fingerprint density at radius 2 is 1.83 bits per heavy atom. The maximum Gasteiger partial charge on any atom is 0.322 e. The molecular formula is C26H32N4O4S. The topological polar surface area (TPSA) is 112 Å². The van der Waals surface area contributed by atoms with Gasteiger partial charge >= 0.3 is 5.97 Å². The highest BCUT2D eigenvalue weighted by atomic mass is 32.2. The molecule has 1 unspecified atom stereocenters. The van der Waals surface area contributed by atoms with Gasteiger partial charge in [-0.2, -0.15) is 4.31 Å². The summed E-state index contributed by atoms with van der Waals surface area (Å²) in [4.78, 5) is 19.3. The van der Waals surface area contributed by atoms with Gasteiger partial charge in [-0.1, -0.05) is 63.1 Å². The number of aliphatic carboxylic acids is 1. The second-order valence-corrected chi connectivity index (χ2v) is 10.4. The van der Waals surface area contributed by atoms with E-state index in [1.165, 1.54) is 28.6 Å². The molecule has 186 valence electrons. The molecule has 2 heterocycles. The van der Waals surface area contributed by atoms with Crippen LogP contribution >= 0.6 is 0 Å². The van der Waals surface area contributed by atoms with Gasteiger partial charge in [0.25, 0.3) is 10.0 Å². The van der Waals surface area contributed by atoms with Gasteiger partial charge in [0.2, 0.25) is 0 Å². The molecule has 0 saturated carbocycles. The van der Waals surface area contributed by atoms with Crippen LogP contribution in [0.2, 0.25) is 0 Å². The molecule has 2 N–H and O–H groups in total. The van der Waals surface area contributed by atoms with Crippen molar-refractivity contribution in [3.63, 3.8) is 0 Å². The molecule has 8 nitrogen and oxygen atoms in total. The van der Waals surface area contributed by atoms with Crippen LogP contribution in [-0.2, 0) is 27.9 Å². The van der Waals surface area contributed by atoms with E-state index in [2.05, 4.69) is 41.3 Å². The average Bonchev–Trinajstić information content (AvgIpc) is 2.87. The minimum absolute atomic E-state index is 0.0101. The Morgan fingerprint density at radius 3 is 2.49 bits per heavy atom. The second-order valence-electron chi connectivity index (χ2n) is 8.49. The molecule has 3 rings (SSSR count). The third-order valence-corrected chi connectivity index (χ3v) is 7.41. The molecule has 0 saturated heterocycles. The van der Waals surface area contributed by atoms with Gasteiger partial charge < -0.3 is 10.4 Å². The first-order valence-electron chi connectivity index (χ1n) is 11.7. The number of hydrogen-bond acceptors (Lipinski definition) is 6. The lowest BCUT2D eigenvalue weighted by atomic mass is 9.95. The molecule has 35 heavy (non-hydrogen) atoms. The Morgan fingerprint density at radius 1 is 1.06 bits per heavy atom. The average molecular weight is 497 g/mol. The van der Waals surface area contributed by atoms with Crippen LogP contribution in [0.3, 0.4) is 0 Å². The smallest absolute Gasteiger partial charge is 0.322 e. The highest BCUT2D eigenvalue weighted by Crippen LogP contribution is 2.24. The van der Waals surface area contributed by atoms with E-state index in [0.717, 1.165) is 18.4 Å². The Kier molecular flexibility index (Phi) is 9.33. The molecule has 0 aliphatic rings. The summed E-state index contributed by atoms with van der Waals surface area (Å²) in [5, 5.41) is 11.6. The van der Waals surface area contributed by atoms with Gasteiger partial charge in [-0.05, 0) is 47.7 Å². The highest BCUT2D eigenvalue weighted by molar-refractivity contribution is 7.89. The molecule has 0 spiro atoms. The van der Waals surface area contributed by atoms with E-state index in [4.69, 9.17) is 5.11 Å². The number of rotatable bonds is 13. The lowest BCUT2D eigenvalue weighted by Crippen LogP contribution is -2.31. The maximum absolute atomic E-state index is 13.5. The summed E-state index contributed by atoms with van der Waals surface area (Å²) in [7, 11) is -3.91. The van der Waals surface area contributed by atoms with Crippen molar-refractivity contribution < 1.29 is 18.3 Å². The van der Waals surface area contributed by atoms with E-state index >= 15 is 0 Å². The lowest BCUT2D eigenvalue weighted by molar-refractivity contribution is -0.134. The number of nitrogens with one attached hydrogen (secondary N) is 1. The van der Waals surface area contributed by atoms with Gasteiger partial charge in [-0.3, -0.25) is 4.79 Å². The van der Waals surface area contributed by atoms with Crippen LogP contribution in [0, 0.1) is 0 Å². The molecular weight excluding hydrogens is 464 g/mol. The van der Waals surface area contributed by atoms with Crippen molar-refractivity contribution in [3.8, 4) is 0 Å². The predicted octanol–water partition coefficient (Wildman–Crippen LogP) is 4.66. The number of aromatic nitrogens is 2. The van der Waals surface area contributed by atoms with Crippen molar-refractivity contribution in [2.45, 2.75) is 57.1 Å². The highest BCUT2D eigenvalue weighted by Gasteiger charge is 2.26. The van der Waals surface area contributed by atoms with Gasteiger partial charge in [-0.25, -0.2) is 18.4 Å². The van der Waals surface area contributed by atoms with Crippen molar-refractivity contribution >= 4 is 21.8 Å². The number of benzene rings is 1. The van der Waals surface area contributed by atoms with Gasteiger partial charge in [-0.15, -0.1) is 0 Å². The van der Waals surface area contributed by atoms with E-state index in [1.807, 2.05) is 12.1 Å². The fourth-order valence-electron chi connectivity index (χ4n) is 3.70. The lowest BCUT2D eigenvalue weighted by Gasteiger charge is -2.22. The first-order chi connectivity index (χ1) is 16.8. The van der Waals surface area contributed by atoms with Crippen LogP contribution in [0.1, 0.15) is 55.8 Å². The number of pyridine rings is 2. The van der Waals surface area contributed by atoms with Crippen molar-refractivity contribution in [1.82, 2.24) is 14.3 Å².